The number of benzene rings is 1. The molecule has 0 aromatic heterocycles. The van der Waals surface area contributed by atoms with E-state index in [0.717, 1.165) is 22.4 Å². The Morgan fingerprint density at radius 2 is 1.96 bits per heavy atom. The fourth-order valence-electron chi connectivity index (χ4n) is 5.83. The van der Waals surface area contributed by atoms with Crippen molar-refractivity contribution in [2.75, 3.05) is 11.6 Å². The van der Waals surface area contributed by atoms with Crippen LogP contribution in [0.5, 0.6) is 0 Å². The second-order valence-corrected chi connectivity index (χ2v) is 10.6. The molecule has 5 rings (SSSR count). The lowest BCUT2D eigenvalue weighted by molar-refractivity contribution is -0.123. The summed E-state index contributed by atoms with van der Waals surface area (Å²) in [5.74, 6) is 1.87. The lowest BCUT2D eigenvalue weighted by atomic mass is 9.48. The highest BCUT2D eigenvalue weighted by Crippen LogP contribution is 2.65. The van der Waals surface area contributed by atoms with Crippen LogP contribution in [0.15, 0.2) is 29.2 Å². The molecule has 4 bridgehead atoms. The Hall–Kier alpha value is -0.480. The topological polar surface area (TPSA) is 29.1 Å². The van der Waals surface area contributed by atoms with E-state index < -0.39 is 0 Å². The molecule has 4 saturated carbocycles. The quantitative estimate of drug-likeness (QED) is 0.542. The molecule has 2 unspecified atom stereocenters. The molecule has 1 aromatic rings. The molecule has 0 spiro atoms. The van der Waals surface area contributed by atoms with Gasteiger partial charge >= 0.3 is 0 Å². The first-order valence-electron chi connectivity index (χ1n) is 8.61. The molecule has 124 valence electrons. The lowest BCUT2D eigenvalue weighted by Gasteiger charge is -2.60. The summed E-state index contributed by atoms with van der Waals surface area (Å²) in [4.78, 5) is 13.9. The minimum atomic E-state index is 0.199. The molecule has 1 amide bonds. The highest BCUT2D eigenvalue weighted by atomic mass is 79.9. The number of hydrogen-bond donors (Lipinski definition) is 1. The second-order valence-electron chi connectivity index (χ2n) is 8.04. The summed E-state index contributed by atoms with van der Waals surface area (Å²) in [5, 5.41) is 3.17. The maximum Gasteiger partial charge on any atom is 0.224 e. The summed E-state index contributed by atoms with van der Waals surface area (Å²) in [5.41, 5.74) is 1.20. The van der Waals surface area contributed by atoms with Crippen molar-refractivity contribution in [3.63, 3.8) is 0 Å². The third-order valence-electron chi connectivity index (χ3n) is 6.03. The predicted molar refractivity (Wildman–Crippen MR) is 100 cm³/mol. The molecule has 0 saturated heterocycles. The predicted octanol–water partition coefficient (Wildman–Crippen LogP) is 5.47. The Kier molecular flexibility index (Phi) is 4.04. The summed E-state index contributed by atoms with van der Waals surface area (Å²) in [6, 6.07) is 8.09. The van der Waals surface area contributed by atoms with Crippen molar-refractivity contribution in [3.8, 4) is 0 Å². The van der Waals surface area contributed by atoms with Gasteiger partial charge in [0.2, 0.25) is 5.91 Å². The third kappa shape index (κ3) is 3.09. The number of hydrogen-bond acceptors (Lipinski definition) is 2. The van der Waals surface area contributed by atoms with Crippen LogP contribution in [0.25, 0.3) is 0 Å². The normalized spacial score (nSPS) is 37.8. The summed E-state index contributed by atoms with van der Waals surface area (Å²) in [6.45, 7) is 0. The van der Waals surface area contributed by atoms with Gasteiger partial charge in [0.05, 0.1) is 5.69 Å². The van der Waals surface area contributed by atoms with Gasteiger partial charge in [-0.25, -0.2) is 0 Å². The Morgan fingerprint density at radius 3 is 2.61 bits per heavy atom. The van der Waals surface area contributed by atoms with Crippen LogP contribution in [0, 0.1) is 17.3 Å². The van der Waals surface area contributed by atoms with Gasteiger partial charge in [-0.1, -0.05) is 28.1 Å². The molecule has 23 heavy (non-hydrogen) atoms. The van der Waals surface area contributed by atoms with E-state index in [1.165, 1.54) is 38.5 Å². The molecule has 1 aromatic carbocycles. The van der Waals surface area contributed by atoms with Crippen LogP contribution < -0.4 is 5.32 Å². The zero-order chi connectivity index (χ0) is 16.1. The zero-order valence-electron chi connectivity index (χ0n) is 13.6. The summed E-state index contributed by atoms with van der Waals surface area (Å²) in [6.07, 6.45) is 10.5. The fraction of sp³-hybridized carbons (Fsp3) is 0.632. The standard InChI is InChI=1S/C19H24BrNOS/c1-23-16-5-3-2-4-15(16)21-17(22)11-18-7-13-6-14(8-18)10-19(20,9-13)12-18/h2-5,13-14H,6-12H2,1H3,(H,21,22). The minimum absolute atomic E-state index is 0.199. The number of carbonyl (C=O) groups is 1. The van der Waals surface area contributed by atoms with E-state index in [9.17, 15) is 4.79 Å². The first-order chi connectivity index (χ1) is 11.0. The van der Waals surface area contributed by atoms with Gasteiger partial charge in [-0.15, -0.1) is 11.8 Å². The van der Waals surface area contributed by atoms with Crippen LogP contribution in [0.3, 0.4) is 0 Å². The second kappa shape index (κ2) is 5.80. The van der Waals surface area contributed by atoms with E-state index in [1.807, 2.05) is 18.2 Å². The van der Waals surface area contributed by atoms with E-state index in [-0.39, 0.29) is 11.3 Å². The lowest BCUT2D eigenvalue weighted by Crippen LogP contribution is -2.53. The molecule has 4 aliphatic rings. The van der Waals surface area contributed by atoms with Crippen LogP contribution >= 0.6 is 27.7 Å². The fourth-order valence-corrected chi connectivity index (χ4v) is 7.89. The number of rotatable bonds is 4. The van der Waals surface area contributed by atoms with E-state index in [0.29, 0.717) is 10.7 Å². The molecule has 0 radical (unpaired) electrons. The molecule has 4 aliphatic carbocycles. The van der Waals surface area contributed by atoms with Crippen LogP contribution in [-0.2, 0) is 4.79 Å². The van der Waals surface area contributed by atoms with Gasteiger partial charge < -0.3 is 5.32 Å². The number of thioether (sulfide) groups is 1. The van der Waals surface area contributed by atoms with Gasteiger partial charge in [0.25, 0.3) is 0 Å². The summed E-state index contributed by atoms with van der Waals surface area (Å²) in [7, 11) is 0. The number of halogens is 1. The third-order valence-corrected chi connectivity index (χ3v) is 7.75. The molecule has 0 aliphatic heterocycles. The van der Waals surface area contributed by atoms with Crippen LogP contribution in [0.1, 0.15) is 44.9 Å². The maximum atomic E-state index is 12.7. The average molecular weight is 394 g/mol. The number of alkyl halides is 1. The smallest absolute Gasteiger partial charge is 0.224 e. The summed E-state index contributed by atoms with van der Waals surface area (Å²) < 4.78 is 0.328. The monoisotopic (exact) mass is 393 g/mol. The highest BCUT2D eigenvalue weighted by Gasteiger charge is 2.57. The summed E-state index contributed by atoms with van der Waals surface area (Å²) >= 11 is 5.72. The largest absolute Gasteiger partial charge is 0.325 e. The van der Waals surface area contributed by atoms with Gasteiger partial charge in [0.15, 0.2) is 0 Å². The van der Waals surface area contributed by atoms with Crippen molar-refractivity contribution < 1.29 is 4.79 Å². The first-order valence-corrected chi connectivity index (χ1v) is 10.6. The molecule has 1 N–H and O–H groups in total. The molecule has 2 nitrogen and oxygen atoms in total. The van der Waals surface area contributed by atoms with E-state index in [4.69, 9.17) is 0 Å². The SMILES string of the molecule is CSc1ccccc1NC(=O)CC12CC3CC(CC(Br)(C3)C1)C2. The van der Waals surface area contributed by atoms with Gasteiger partial charge in [0, 0.05) is 15.6 Å². The van der Waals surface area contributed by atoms with Crippen LogP contribution in [0.4, 0.5) is 5.69 Å². The highest BCUT2D eigenvalue weighted by molar-refractivity contribution is 9.10. The molecule has 0 heterocycles. The van der Waals surface area contributed by atoms with E-state index in [2.05, 4.69) is 33.6 Å². The van der Waals surface area contributed by atoms with Gasteiger partial charge in [-0.3, -0.25) is 4.79 Å². The maximum absolute atomic E-state index is 12.7. The zero-order valence-corrected chi connectivity index (χ0v) is 16.0. The molecule has 4 fully saturated rings. The molecule has 4 heteroatoms. The number of amides is 1. The van der Waals surface area contributed by atoms with Crippen LogP contribution in [-0.4, -0.2) is 16.5 Å². The van der Waals surface area contributed by atoms with Crippen molar-refractivity contribution in [3.05, 3.63) is 24.3 Å². The minimum Gasteiger partial charge on any atom is -0.325 e. The number of para-hydroxylation sites is 1. The van der Waals surface area contributed by atoms with Crippen molar-refractivity contribution in [1.82, 2.24) is 0 Å². The van der Waals surface area contributed by atoms with E-state index in [1.54, 1.807) is 11.8 Å². The Labute approximate surface area is 151 Å². The number of anilines is 1. The Morgan fingerprint density at radius 1 is 1.26 bits per heavy atom. The number of carbonyl (C=O) groups excluding carboxylic acids is 1. The molecular formula is C19H24BrNOS. The van der Waals surface area contributed by atoms with Crippen molar-refractivity contribution in [1.29, 1.82) is 0 Å². The van der Waals surface area contributed by atoms with Crippen molar-refractivity contribution in [2.24, 2.45) is 17.3 Å². The van der Waals surface area contributed by atoms with Gasteiger partial charge in [-0.2, -0.15) is 0 Å². The van der Waals surface area contributed by atoms with Gasteiger partial charge in [0.1, 0.15) is 0 Å². The first kappa shape index (κ1) is 16.0. The average Bonchev–Trinajstić information content (AvgIpc) is 2.44. The Bertz CT molecular complexity index is 618. The van der Waals surface area contributed by atoms with Crippen molar-refractivity contribution in [2.45, 2.75) is 54.2 Å². The molecule has 2 atom stereocenters. The van der Waals surface area contributed by atoms with E-state index >= 15 is 0 Å². The van der Waals surface area contributed by atoms with Crippen LogP contribution in [0.2, 0.25) is 0 Å². The van der Waals surface area contributed by atoms with Gasteiger partial charge in [-0.05, 0) is 74.2 Å². The van der Waals surface area contributed by atoms with Crippen molar-refractivity contribution >= 4 is 39.3 Å². The number of nitrogens with one attached hydrogen (secondary N) is 1. The molecular weight excluding hydrogens is 370 g/mol. The Balaban J connectivity index is 1.49.